The molecule has 8 nitrogen and oxygen atoms in total. The summed E-state index contributed by atoms with van der Waals surface area (Å²) in [5, 5.41) is 14.9. The molecule has 0 saturated carbocycles. The third kappa shape index (κ3) is 6.12. The van der Waals surface area contributed by atoms with Crippen LogP contribution in [-0.2, 0) is 20.8 Å². The van der Waals surface area contributed by atoms with Crippen LogP contribution in [-0.4, -0.2) is 48.7 Å². The topological polar surface area (TPSA) is 111 Å². The van der Waals surface area contributed by atoms with Crippen LogP contribution in [0.2, 0.25) is 0 Å². The van der Waals surface area contributed by atoms with Crippen LogP contribution in [0.3, 0.4) is 0 Å². The number of nitrogens with one attached hydrogen (secondary N) is 2. The van der Waals surface area contributed by atoms with E-state index in [1.165, 1.54) is 19.1 Å². The zero-order valence-corrected chi connectivity index (χ0v) is 21.2. The van der Waals surface area contributed by atoms with Gasteiger partial charge in [0, 0.05) is 24.8 Å². The Morgan fingerprint density at radius 2 is 1.79 bits per heavy atom. The summed E-state index contributed by atoms with van der Waals surface area (Å²) in [5.74, 6) is -2.58. The summed E-state index contributed by atoms with van der Waals surface area (Å²) in [6.45, 7) is 2.88. The van der Waals surface area contributed by atoms with Crippen LogP contribution >= 0.6 is 0 Å². The molecule has 0 aromatic heterocycles. The van der Waals surface area contributed by atoms with Gasteiger partial charge in [-0.1, -0.05) is 30.3 Å². The summed E-state index contributed by atoms with van der Waals surface area (Å²) < 4.78 is 13.8. The van der Waals surface area contributed by atoms with E-state index in [0.29, 0.717) is 40.3 Å². The number of rotatable bonds is 10. The van der Waals surface area contributed by atoms with Crippen LogP contribution in [0.5, 0.6) is 0 Å². The molecule has 1 unspecified atom stereocenters. The number of carboxylic acid groups (broad SMARTS) is 1. The van der Waals surface area contributed by atoms with E-state index in [-0.39, 0.29) is 18.2 Å². The monoisotopic (exact) mass is 516 g/mol. The number of carbonyl (C=O) groups excluding carboxylic acids is 2. The minimum Gasteiger partial charge on any atom is -0.481 e. The summed E-state index contributed by atoms with van der Waals surface area (Å²) in [5.41, 5.74) is 4.01. The maximum Gasteiger partial charge on any atom is 0.307 e. The number of hydrogen-bond donors (Lipinski definition) is 3. The first kappa shape index (κ1) is 26.7. The van der Waals surface area contributed by atoms with Gasteiger partial charge in [-0.2, -0.15) is 0 Å². The Bertz CT molecular complexity index is 1370. The van der Waals surface area contributed by atoms with Crippen LogP contribution in [0.4, 0.5) is 21.5 Å². The largest absolute Gasteiger partial charge is 0.481 e. The SMILES string of the molecule is CNCCCN(C(C)=O)c1ccc(N=C(c2ccc(CC(=O)O)cc2)C2C(=O)Nc3cc(F)ccc32)cc1. The molecule has 1 aliphatic rings. The Hall–Kier alpha value is -4.37. The van der Waals surface area contributed by atoms with Gasteiger partial charge in [0.1, 0.15) is 11.7 Å². The molecule has 0 bridgehead atoms. The highest BCUT2D eigenvalue weighted by atomic mass is 19.1. The minimum atomic E-state index is -0.941. The van der Waals surface area contributed by atoms with Crippen LogP contribution in [0.25, 0.3) is 0 Å². The van der Waals surface area contributed by atoms with Crippen molar-refractivity contribution in [2.45, 2.75) is 25.7 Å². The van der Waals surface area contributed by atoms with E-state index in [9.17, 15) is 18.8 Å². The highest BCUT2D eigenvalue weighted by Gasteiger charge is 2.35. The number of aliphatic imine (C=N–C) groups is 1. The molecular formula is C29H29FN4O4. The number of nitrogens with zero attached hydrogens (tertiary/aromatic N) is 2. The van der Waals surface area contributed by atoms with Gasteiger partial charge in [-0.25, -0.2) is 4.39 Å². The van der Waals surface area contributed by atoms with Gasteiger partial charge in [0.15, 0.2) is 0 Å². The smallest absolute Gasteiger partial charge is 0.307 e. The summed E-state index contributed by atoms with van der Waals surface area (Å²) in [7, 11) is 1.86. The average molecular weight is 517 g/mol. The van der Waals surface area contributed by atoms with E-state index in [2.05, 4.69) is 10.6 Å². The molecule has 0 spiro atoms. The third-order valence-corrected chi connectivity index (χ3v) is 6.32. The fourth-order valence-corrected chi connectivity index (χ4v) is 4.50. The first-order valence-electron chi connectivity index (χ1n) is 12.3. The number of carbonyl (C=O) groups is 3. The van der Waals surface area contributed by atoms with E-state index in [4.69, 9.17) is 10.1 Å². The molecule has 3 aromatic carbocycles. The molecule has 9 heteroatoms. The van der Waals surface area contributed by atoms with Crippen LogP contribution < -0.4 is 15.5 Å². The highest BCUT2D eigenvalue weighted by molar-refractivity contribution is 6.24. The zero-order valence-electron chi connectivity index (χ0n) is 21.2. The maximum absolute atomic E-state index is 13.8. The van der Waals surface area contributed by atoms with Crippen molar-refractivity contribution in [2.24, 2.45) is 4.99 Å². The summed E-state index contributed by atoms with van der Waals surface area (Å²) >= 11 is 0. The number of aliphatic carboxylic acids is 1. The average Bonchev–Trinajstić information content (AvgIpc) is 3.20. The molecule has 4 rings (SSSR count). The first-order chi connectivity index (χ1) is 18.3. The number of anilines is 2. The Balaban J connectivity index is 1.72. The van der Waals surface area contributed by atoms with Crippen molar-refractivity contribution in [1.29, 1.82) is 0 Å². The predicted octanol–water partition coefficient (Wildman–Crippen LogP) is 4.27. The second kappa shape index (κ2) is 11.8. The highest BCUT2D eigenvalue weighted by Crippen LogP contribution is 2.37. The molecule has 0 saturated heterocycles. The van der Waals surface area contributed by atoms with Gasteiger partial charge >= 0.3 is 5.97 Å². The molecule has 2 amide bonds. The molecule has 0 fully saturated rings. The standard InChI is InChI=1S/C29H29FN4O4/c1-18(35)34(15-3-14-31-2)23-11-9-22(10-12-23)32-28(20-6-4-19(5-7-20)16-26(36)37)27-24-13-8-21(30)17-25(24)33-29(27)38/h4-13,17,27,31H,3,14-16H2,1-2H3,(H,33,38)(H,36,37). The molecule has 0 radical (unpaired) electrons. The fourth-order valence-electron chi connectivity index (χ4n) is 4.50. The van der Waals surface area contributed by atoms with Crippen molar-refractivity contribution in [2.75, 3.05) is 30.4 Å². The lowest BCUT2D eigenvalue weighted by Gasteiger charge is -2.21. The molecule has 1 heterocycles. The van der Waals surface area contributed by atoms with Gasteiger partial charge in [0.05, 0.1) is 17.8 Å². The molecule has 38 heavy (non-hydrogen) atoms. The van der Waals surface area contributed by atoms with Gasteiger partial charge < -0.3 is 20.6 Å². The Labute approximate surface area is 220 Å². The van der Waals surface area contributed by atoms with Gasteiger partial charge in [-0.15, -0.1) is 0 Å². The van der Waals surface area contributed by atoms with Gasteiger partial charge in [0.2, 0.25) is 11.8 Å². The van der Waals surface area contributed by atoms with E-state index in [1.807, 2.05) is 19.2 Å². The van der Waals surface area contributed by atoms with E-state index >= 15 is 0 Å². The van der Waals surface area contributed by atoms with Gasteiger partial charge in [-0.05, 0) is 73.1 Å². The number of fused-ring (bicyclic) bond motifs is 1. The van der Waals surface area contributed by atoms with E-state index in [0.717, 1.165) is 18.7 Å². The summed E-state index contributed by atoms with van der Waals surface area (Å²) in [6.07, 6.45) is 0.677. The molecule has 0 aliphatic carbocycles. The number of halogens is 1. The lowest BCUT2D eigenvalue weighted by Crippen LogP contribution is -2.31. The van der Waals surface area contributed by atoms with Crippen molar-refractivity contribution in [1.82, 2.24) is 5.32 Å². The first-order valence-corrected chi connectivity index (χ1v) is 12.3. The normalized spacial score (nSPS) is 14.7. The van der Waals surface area contributed by atoms with Crippen LogP contribution in [0, 0.1) is 5.82 Å². The second-order valence-electron chi connectivity index (χ2n) is 9.06. The van der Waals surface area contributed by atoms with E-state index < -0.39 is 17.7 Å². The number of benzene rings is 3. The summed E-state index contributed by atoms with van der Waals surface area (Å²) in [4.78, 5) is 42.9. The quantitative estimate of drug-likeness (QED) is 0.275. The number of hydrogen-bond acceptors (Lipinski definition) is 5. The van der Waals surface area contributed by atoms with Crippen molar-refractivity contribution < 1.29 is 23.9 Å². The maximum atomic E-state index is 13.8. The Morgan fingerprint density at radius 1 is 1.08 bits per heavy atom. The minimum absolute atomic E-state index is 0.0639. The Morgan fingerprint density at radius 3 is 2.42 bits per heavy atom. The lowest BCUT2D eigenvalue weighted by atomic mass is 9.90. The zero-order chi connectivity index (χ0) is 27.2. The predicted molar refractivity (Wildman–Crippen MR) is 145 cm³/mol. The van der Waals surface area contributed by atoms with E-state index in [1.54, 1.807) is 47.4 Å². The molecular weight excluding hydrogens is 487 g/mol. The fraction of sp³-hybridized carbons (Fsp3) is 0.241. The lowest BCUT2D eigenvalue weighted by molar-refractivity contribution is -0.136. The number of amides is 2. The number of carboxylic acids is 1. The van der Waals surface area contributed by atoms with Crippen molar-refractivity contribution in [3.05, 3.63) is 89.2 Å². The molecule has 196 valence electrons. The van der Waals surface area contributed by atoms with Crippen molar-refractivity contribution in [3.63, 3.8) is 0 Å². The summed E-state index contributed by atoms with van der Waals surface area (Å²) in [6, 6.07) is 18.2. The van der Waals surface area contributed by atoms with Gasteiger partial charge in [-0.3, -0.25) is 19.4 Å². The molecule has 1 aliphatic heterocycles. The Kier molecular flexibility index (Phi) is 8.28. The second-order valence-corrected chi connectivity index (χ2v) is 9.06. The van der Waals surface area contributed by atoms with Gasteiger partial charge in [0.25, 0.3) is 0 Å². The molecule has 1 atom stereocenters. The third-order valence-electron chi connectivity index (χ3n) is 6.32. The van der Waals surface area contributed by atoms with Crippen LogP contribution in [0.15, 0.2) is 71.7 Å². The van der Waals surface area contributed by atoms with Crippen molar-refractivity contribution >= 4 is 40.6 Å². The van der Waals surface area contributed by atoms with Crippen molar-refractivity contribution in [3.8, 4) is 0 Å². The molecule has 3 aromatic rings. The molecule has 3 N–H and O–H groups in total. The van der Waals surface area contributed by atoms with Crippen LogP contribution in [0.1, 0.15) is 36.0 Å².